The predicted molar refractivity (Wildman–Crippen MR) is 80.3 cm³/mol. The number of hydrogen-bond acceptors (Lipinski definition) is 5. The zero-order valence-electron chi connectivity index (χ0n) is 12.3. The van der Waals surface area contributed by atoms with Crippen molar-refractivity contribution < 1.29 is 27.4 Å². The van der Waals surface area contributed by atoms with E-state index in [-0.39, 0.29) is 24.9 Å². The molecule has 0 radical (unpaired) electrons. The van der Waals surface area contributed by atoms with Crippen molar-refractivity contribution >= 4 is 17.1 Å². The Balaban J connectivity index is 1.52. The molecule has 0 aliphatic rings. The van der Waals surface area contributed by atoms with E-state index in [0.717, 1.165) is 12.1 Å². The van der Waals surface area contributed by atoms with Gasteiger partial charge in [-0.1, -0.05) is 0 Å². The topological polar surface area (TPSA) is 67.5 Å². The Kier molecular flexibility index (Phi) is 4.57. The summed E-state index contributed by atoms with van der Waals surface area (Å²) in [5, 5.41) is 12.6. The van der Waals surface area contributed by atoms with Crippen molar-refractivity contribution in [3.63, 3.8) is 0 Å². The van der Waals surface area contributed by atoms with Gasteiger partial charge in [0.05, 0.1) is 0 Å². The second-order valence-corrected chi connectivity index (χ2v) is 5.05. The zero-order valence-corrected chi connectivity index (χ0v) is 12.3. The van der Waals surface area contributed by atoms with Crippen molar-refractivity contribution in [2.24, 2.45) is 0 Å². The van der Waals surface area contributed by atoms with Gasteiger partial charge in [-0.25, -0.2) is 13.2 Å². The Bertz CT molecular complexity index is 854. The number of nitrogens with one attached hydrogen (secondary N) is 1. The predicted octanol–water partition coefficient (Wildman–Crippen LogP) is 3.10. The van der Waals surface area contributed by atoms with Gasteiger partial charge in [0.15, 0.2) is 17.2 Å². The van der Waals surface area contributed by atoms with Gasteiger partial charge in [0.1, 0.15) is 29.8 Å². The molecule has 8 heteroatoms. The molecule has 5 nitrogen and oxygen atoms in total. The van der Waals surface area contributed by atoms with Crippen LogP contribution in [-0.4, -0.2) is 29.3 Å². The van der Waals surface area contributed by atoms with E-state index < -0.39 is 23.6 Å². The average molecular weight is 338 g/mol. The molecule has 3 aromatic rings. The van der Waals surface area contributed by atoms with Crippen LogP contribution in [0.1, 0.15) is 0 Å². The van der Waals surface area contributed by atoms with Crippen LogP contribution < -0.4 is 10.1 Å². The summed E-state index contributed by atoms with van der Waals surface area (Å²) in [6.45, 7) is -0.105. The lowest BCUT2D eigenvalue weighted by Crippen LogP contribution is -2.26. The zero-order chi connectivity index (χ0) is 17.1. The molecule has 2 N–H and O–H groups in total. The van der Waals surface area contributed by atoms with E-state index in [1.54, 1.807) is 0 Å². The van der Waals surface area contributed by atoms with E-state index in [4.69, 9.17) is 9.15 Å². The molecule has 1 aromatic heterocycles. The lowest BCUT2D eigenvalue weighted by Gasteiger charge is -2.12. The Labute approximate surface area is 134 Å². The molecule has 0 aliphatic heterocycles. The SMILES string of the molecule is OC(CNc1nc2cc(F)ccc2o1)COc1ccc(F)c(F)c1. The van der Waals surface area contributed by atoms with Crippen molar-refractivity contribution in [2.75, 3.05) is 18.5 Å². The van der Waals surface area contributed by atoms with Crippen molar-refractivity contribution in [1.29, 1.82) is 0 Å². The summed E-state index contributed by atoms with van der Waals surface area (Å²) in [5.41, 5.74) is 0.761. The molecule has 1 heterocycles. The minimum absolute atomic E-state index is 0.0407. The Morgan fingerprint density at radius 3 is 2.75 bits per heavy atom. The number of fused-ring (bicyclic) bond motifs is 1. The van der Waals surface area contributed by atoms with Crippen LogP contribution in [0.25, 0.3) is 11.1 Å². The van der Waals surface area contributed by atoms with Crippen LogP contribution in [0.15, 0.2) is 40.8 Å². The first-order valence-corrected chi connectivity index (χ1v) is 7.07. The number of benzene rings is 2. The maximum Gasteiger partial charge on any atom is 0.295 e. The normalized spacial score (nSPS) is 12.3. The van der Waals surface area contributed by atoms with Gasteiger partial charge < -0.3 is 19.6 Å². The third kappa shape index (κ3) is 3.77. The van der Waals surface area contributed by atoms with Crippen molar-refractivity contribution in [3.8, 4) is 5.75 Å². The average Bonchev–Trinajstić information content (AvgIpc) is 2.96. The molecular formula is C16H13F3N2O3. The molecule has 24 heavy (non-hydrogen) atoms. The standard InChI is InChI=1S/C16H13F3N2O3/c17-9-1-4-15-14(5-9)21-16(24-15)20-7-10(22)8-23-11-2-3-12(18)13(19)6-11/h1-6,10,22H,7-8H2,(H,20,21). The van der Waals surface area contributed by atoms with Crippen LogP contribution in [0.4, 0.5) is 19.2 Å². The van der Waals surface area contributed by atoms with Crippen LogP contribution >= 0.6 is 0 Å². The van der Waals surface area contributed by atoms with Crippen LogP contribution in [0.5, 0.6) is 5.75 Å². The van der Waals surface area contributed by atoms with Gasteiger partial charge in [0, 0.05) is 18.7 Å². The Morgan fingerprint density at radius 1 is 1.12 bits per heavy atom. The quantitative estimate of drug-likeness (QED) is 0.723. The summed E-state index contributed by atoms with van der Waals surface area (Å²) in [7, 11) is 0. The molecule has 0 bridgehead atoms. The van der Waals surface area contributed by atoms with Gasteiger partial charge in [-0.15, -0.1) is 0 Å². The lowest BCUT2D eigenvalue weighted by molar-refractivity contribution is 0.117. The maximum atomic E-state index is 13.1. The molecule has 2 aromatic carbocycles. The van der Waals surface area contributed by atoms with E-state index >= 15 is 0 Å². The summed E-state index contributed by atoms with van der Waals surface area (Å²) in [4.78, 5) is 4.02. The number of ether oxygens (including phenoxy) is 1. The summed E-state index contributed by atoms with van der Waals surface area (Å²) >= 11 is 0. The van der Waals surface area contributed by atoms with Crippen molar-refractivity contribution in [3.05, 3.63) is 53.8 Å². The van der Waals surface area contributed by atoms with E-state index in [2.05, 4.69) is 10.3 Å². The fraction of sp³-hybridized carbons (Fsp3) is 0.188. The third-order valence-electron chi connectivity index (χ3n) is 3.17. The minimum Gasteiger partial charge on any atom is -0.491 e. The number of aromatic nitrogens is 1. The molecule has 0 saturated carbocycles. The molecule has 0 spiro atoms. The smallest absolute Gasteiger partial charge is 0.295 e. The summed E-state index contributed by atoms with van der Waals surface area (Å²) in [5.74, 6) is -2.33. The van der Waals surface area contributed by atoms with E-state index in [1.165, 1.54) is 24.3 Å². The van der Waals surface area contributed by atoms with Crippen LogP contribution in [0, 0.1) is 17.5 Å². The largest absolute Gasteiger partial charge is 0.491 e. The van der Waals surface area contributed by atoms with Crippen LogP contribution in [0.2, 0.25) is 0 Å². The van der Waals surface area contributed by atoms with Gasteiger partial charge in [0.2, 0.25) is 0 Å². The van der Waals surface area contributed by atoms with Crippen LogP contribution in [0.3, 0.4) is 0 Å². The van der Waals surface area contributed by atoms with Gasteiger partial charge >= 0.3 is 0 Å². The highest BCUT2D eigenvalue weighted by Gasteiger charge is 2.11. The minimum atomic E-state index is -1.03. The molecule has 0 fully saturated rings. The Hall–Kier alpha value is -2.74. The van der Waals surface area contributed by atoms with Gasteiger partial charge in [-0.3, -0.25) is 0 Å². The van der Waals surface area contributed by atoms with Gasteiger partial charge in [-0.2, -0.15) is 4.98 Å². The maximum absolute atomic E-state index is 13.1. The third-order valence-corrected chi connectivity index (χ3v) is 3.17. The van der Waals surface area contributed by atoms with E-state index in [1.807, 2.05) is 0 Å². The molecule has 1 atom stereocenters. The van der Waals surface area contributed by atoms with E-state index in [0.29, 0.717) is 11.1 Å². The highest BCUT2D eigenvalue weighted by Crippen LogP contribution is 2.19. The molecule has 1 unspecified atom stereocenters. The summed E-state index contributed by atoms with van der Waals surface area (Å²) < 4.78 is 49.4. The molecular weight excluding hydrogens is 325 g/mol. The monoisotopic (exact) mass is 338 g/mol. The number of anilines is 1. The number of hydrogen-bond donors (Lipinski definition) is 2. The van der Waals surface area contributed by atoms with Gasteiger partial charge in [0.25, 0.3) is 6.01 Å². The fourth-order valence-electron chi connectivity index (χ4n) is 2.00. The number of aliphatic hydroxyl groups is 1. The molecule has 0 aliphatic carbocycles. The highest BCUT2D eigenvalue weighted by atomic mass is 19.2. The first kappa shape index (κ1) is 16.1. The fourth-order valence-corrected chi connectivity index (χ4v) is 2.00. The number of rotatable bonds is 6. The van der Waals surface area contributed by atoms with Crippen molar-refractivity contribution in [1.82, 2.24) is 4.98 Å². The number of oxazole rings is 1. The summed E-state index contributed by atoms with van der Waals surface area (Å²) in [6, 6.07) is 7.15. The molecule has 0 saturated heterocycles. The Morgan fingerprint density at radius 2 is 1.96 bits per heavy atom. The first-order chi connectivity index (χ1) is 11.5. The molecule has 3 rings (SSSR count). The lowest BCUT2D eigenvalue weighted by atomic mass is 10.3. The van der Waals surface area contributed by atoms with E-state index in [9.17, 15) is 18.3 Å². The number of nitrogens with zero attached hydrogens (tertiary/aromatic N) is 1. The second kappa shape index (κ2) is 6.79. The second-order valence-electron chi connectivity index (χ2n) is 5.05. The first-order valence-electron chi connectivity index (χ1n) is 7.07. The molecule has 126 valence electrons. The summed E-state index contributed by atoms with van der Waals surface area (Å²) in [6.07, 6.45) is -0.954. The van der Waals surface area contributed by atoms with Gasteiger partial charge in [-0.05, 0) is 24.3 Å². The molecule has 0 amide bonds. The number of aliphatic hydroxyl groups excluding tert-OH is 1. The van der Waals surface area contributed by atoms with Crippen LogP contribution in [-0.2, 0) is 0 Å². The highest BCUT2D eigenvalue weighted by molar-refractivity contribution is 5.74. The van der Waals surface area contributed by atoms with Crippen molar-refractivity contribution in [2.45, 2.75) is 6.10 Å². The number of halogens is 3.